The molecule has 0 atom stereocenters. The summed E-state index contributed by atoms with van der Waals surface area (Å²) in [5.41, 5.74) is 2.73. The summed E-state index contributed by atoms with van der Waals surface area (Å²) in [5.74, 6) is 6.14. The number of aryl methyl sites for hydroxylation is 1. The summed E-state index contributed by atoms with van der Waals surface area (Å²) in [6, 6.07) is 5.56. The van der Waals surface area contributed by atoms with Gasteiger partial charge in [0.2, 0.25) is 0 Å². The number of aldehydes is 1. The van der Waals surface area contributed by atoms with Crippen LogP contribution in [0.4, 0.5) is 0 Å². The fourth-order valence-electron chi connectivity index (χ4n) is 1.19. The molecule has 0 aliphatic carbocycles. The van der Waals surface area contributed by atoms with Crippen molar-refractivity contribution in [2.24, 2.45) is 0 Å². The van der Waals surface area contributed by atoms with E-state index in [4.69, 9.17) is 0 Å². The fourth-order valence-corrected chi connectivity index (χ4v) is 1.19. The quantitative estimate of drug-likeness (QED) is 0.459. The van der Waals surface area contributed by atoms with E-state index in [1.54, 1.807) is 6.07 Å². The first-order valence-electron chi connectivity index (χ1n) is 4.97. The molecule has 78 valence electrons. The predicted molar refractivity (Wildman–Crippen MR) is 62.0 cm³/mol. The molecule has 1 aromatic rings. The molecule has 15 heavy (non-hydrogen) atoms. The van der Waals surface area contributed by atoms with Gasteiger partial charge in [0.05, 0.1) is 0 Å². The minimum Gasteiger partial charge on any atom is -0.319 e. The van der Waals surface area contributed by atoms with Gasteiger partial charge in [-0.2, -0.15) is 0 Å². The standard InChI is InChI=1S/C13H15NO/c1-11-6-7-12(10-15)9-13(11)5-3-4-8-14-2/h6-7,9-10,14H,4,8H2,1-2H3. The molecule has 0 saturated carbocycles. The van der Waals surface area contributed by atoms with Crippen LogP contribution in [0.15, 0.2) is 18.2 Å². The summed E-state index contributed by atoms with van der Waals surface area (Å²) in [7, 11) is 1.90. The third kappa shape index (κ3) is 3.57. The molecule has 0 fully saturated rings. The van der Waals surface area contributed by atoms with Crippen LogP contribution in [0, 0.1) is 18.8 Å². The van der Waals surface area contributed by atoms with Crippen LogP contribution < -0.4 is 5.32 Å². The summed E-state index contributed by atoms with van der Waals surface area (Å²) in [4.78, 5) is 10.6. The van der Waals surface area contributed by atoms with Gasteiger partial charge in [0.25, 0.3) is 0 Å². The molecule has 0 aliphatic rings. The Balaban J connectivity index is 2.81. The minimum absolute atomic E-state index is 0.679. The van der Waals surface area contributed by atoms with Gasteiger partial charge in [-0.25, -0.2) is 0 Å². The highest BCUT2D eigenvalue weighted by molar-refractivity contribution is 5.75. The second-order valence-electron chi connectivity index (χ2n) is 3.35. The van der Waals surface area contributed by atoms with Crippen molar-refractivity contribution in [1.82, 2.24) is 5.32 Å². The van der Waals surface area contributed by atoms with E-state index in [9.17, 15) is 4.79 Å². The van der Waals surface area contributed by atoms with Gasteiger partial charge in [0.1, 0.15) is 6.29 Å². The van der Waals surface area contributed by atoms with E-state index in [-0.39, 0.29) is 0 Å². The van der Waals surface area contributed by atoms with E-state index in [0.29, 0.717) is 5.56 Å². The van der Waals surface area contributed by atoms with Gasteiger partial charge in [0.15, 0.2) is 0 Å². The van der Waals surface area contributed by atoms with Gasteiger partial charge in [-0.1, -0.05) is 24.0 Å². The van der Waals surface area contributed by atoms with Gasteiger partial charge in [-0.05, 0) is 25.6 Å². The highest BCUT2D eigenvalue weighted by Crippen LogP contribution is 2.08. The molecule has 1 aromatic carbocycles. The molecule has 0 aromatic heterocycles. The van der Waals surface area contributed by atoms with Gasteiger partial charge in [-0.15, -0.1) is 0 Å². The molecule has 0 aliphatic heterocycles. The summed E-state index contributed by atoms with van der Waals surface area (Å²) in [6.07, 6.45) is 1.67. The number of rotatable bonds is 3. The molecule has 2 heteroatoms. The predicted octanol–water partition coefficient (Wildman–Crippen LogP) is 1.77. The Kier molecular flexibility index (Phi) is 4.59. The number of nitrogens with one attached hydrogen (secondary N) is 1. The zero-order chi connectivity index (χ0) is 11.1. The molecule has 0 spiro atoms. The number of carbonyl (C=O) groups is 1. The second-order valence-corrected chi connectivity index (χ2v) is 3.35. The molecule has 0 heterocycles. The highest BCUT2D eigenvalue weighted by atomic mass is 16.1. The molecule has 0 radical (unpaired) electrons. The molecule has 1 rings (SSSR count). The fraction of sp³-hybridized carbons (Fsp3) is 0.308. The smallest absolute Gasteiger partial charge is 0.150 e. The zero-order valence-electron chi connectivity index (χ0n) is 9.13. The van der Waals surface area contributed by atoms with Crippen LogP contribution in [0.2, 0.25) is 0 Å². The lowest BCUT2D eigenvalue weighted by Crippen LogP contribution is -2.05. The summed E-state index contributed by atoms with van der Waals surface area (Å²) in [5, 5.41) is 3.03. The second kappa shape index (κ2) is 6.00. The molecule has 0 unspecified atom stereocenters. The topological polar surface area (TPSA) is 29.1 Å². The highest BCUT2D eigenvalue weighted by Gasteiger charge is 1.96. The third-order valence-corrected chi connectivity index (χ3v) is 2.12. The molecular formula is C13H15NO. The molecule has 0 amide bonds. The number of benzene rings is 1. The minimum atomic E-state index is 0.679. The van der Waals surface area contributed by atoms with Crippen molar-refractivity contribution in [1.29, 1.82) is 0 Å². The van der Waals surface area contributed by atoms with Crippen LogP contribution in [0.25, 0.3) is 0 Å². The SMILES string of the molecule is CNCCC#Cc1cc(C=O)ccc1C. The lowest BCUT2D eigenvalue weighted by atomic mass is 10.1. The van der Waals surface area contributed by atoms with E-state index in [0.717, 1.165) is 30.4 Å². The van der Waals surface area contributed by atoms with E-state index < -0.39 is 0 Å². The summed E-state index contributed by atoms with van der Waals surface area (Å²) >= 11 is 0. The maximum atomic E-state index is 10.6. The maximum Gasteiger partial charge on any atom is 0.150 e. The van der Waals surface area contributed by atoms with E-state index in [1.165, 1.54) is 0 Å². The largest absolute Gasteiger partial charge is 0.319 e. The molecular weight excluding hydrogens is 186 g/mol. The molecule has 2 nitrogen and oxygen atoms in total. The van der Waals surface area contributed by atoms with Crippen LogP contribution in [0.5, 0.6) is 0 Å². The van der Waals surface area contributed by atoms with Crippen molar-refractivity contribution in [3.05, 3.63) is 34.9 Å². The number of hydrogen-bond acceptors (Lipinski definition) is 2. The van der Waals surface area contributed by atoms with Crippen LogP contribution in [0.3, 0.4) is 0 Å². The molecule has 0 bridgehead atoms. The van der Waals surface area contributed by atoms with Crippen molar-refractivity contribution in [2.45, 2.75) is 13.3 Å². The summed E-state index contributed by atoms with van der Waals surface area (Å²) in [6.45, 7) is 2.89. The van der Waals surface area contributed by atoms with E-state index >= 15 is 0 Å². The van der Waals surface area contributed by atoms with Crippen molar-refractivity contribution in [3.8, 4) is 11.8 Å². The van der Waals surface area contributed by atoms with Gasteiger partial charge in [-0.3, -0.25) is 4.79 Å². The van der Waals surface area contributed by atoms with Crippen LogP contribution >= 0.6 is 0 Å². The van der Waals surface area contributed by atoms with Gasteiger partial charge < -0.3 is 5.32 Å². The van der Waals surface area contributed by atoms with Crippen molar-refractivity contribution >= 4 is 6.29 Å². The van der Waals surface area contributed by atoms with E-state index in [1.807, 2.05) is 26.1 Å². The maximum absolute atomic E-state index is 10.6. The number of carbonyl (C=O) groups excluding carboxylic acids is 1. The zero-order valence-corrected chi connectivity index (χ0v) is 9.13. The lowest BCUT2D eigenvalue weighted by molar-refractivity contribution is 0.112. The first kappa shape index (κ1) is 11.5. The van der Waals surface area contributed by atoms with Gasteiger partial charge in [0, 0.05) is 24.1 Å². The number of hydrogen-bond donors (Lipinski definition) is 1. The first-order valence-corrected chi connectivity index (χ1v) is 4.97. The first-order chi connectivity index (χ1) is 7.27. The summed E-state index contributed by atoms with van der Waals surface area (Å²) < 4.78 is 0. The Morgan fingerprint density at radius 1 is 1.47 bits per heavy atom. The average Bonchev–Trinajstić information content (AvgIpc) is 2.26. The Morgan fingerprint density at radius 2 is 2.27 bits per heavy atom. The van der Waals surface area contributed by atoms with Crippen molar-refractivity contribution in [3.63, 3.8) is 0 Å². The van der Waals surface area contributed by atoms with Crippen LogP contribution in [-0.4, -0.2) is 19.9 Å². The van der Waals surface area contributed by atoms with E-state index in [2.05, 4.69) is 17.2 Å². The third-order valence-electron chi connectivity index (χ3n) is 2.12. The van der Waals surface area contributed by atoms with Gasteiger partial charge >= 0.3 is 0 Å². The van der Waals surface area contributed by atoms with Crippen molar-refractivity contribution < 1.29 is 4.79 Å². The Bertz CT molecular complexity index is 399. The Hall–Kier alpha value is -1.59. The lowest BCUT2D eigenvalue weighted by Gasteiger charge is -1.98. The molecule has 0 saturated heterocycles. The Morgan fingerprint density at radius 3 is 2.93 bits per heavy atom. The molecule has 1 N–H and O–H groups in total. The Labute approximate surface area is 90.7 Å². The average molecular weight is 201 g/mol. The van der Waals surface area contributed by atoms with Crippen molar-refractivity contribution in [2.75, 3.05) is 13.6 Å². The van der Waals surface area contributed by atoms with Crippen LogP contribution in [0.1, 0.15) is 27.9 Å². The monoisotopic (exact) mass is 201 g/mol. The van der Waals surface area contributed by atoms with Crippen LogP contribution in [-0.2, 0) is 0 Å². The normalized spacial score (nSPS) is 9.20.